The molecule has 0 spiro atoms. The van der Waals surface area contributed by atoms with E-state index in [1.807, 2.05) is 49.4 Å². The Morgan fingerprint density at radius 2 is 1.63 bits per heavy atom. The van der Waals surface area contributed by atoms with Gasteiger partial charge in [-0.1, -0.05) is 42.5 Å². The van der Waals surface area contributed by atoms with E-state index in [0.29, 0.717) is 24.7 Å². The van der Waals surface area contributed by atoms with E-state index in [0.717, 1.165) is 13.1 Å². The molecule has 2 aromatic carbocycles. The van der Waals surface area contributed by atoms with Crippen molar-refractivity contribution in [3.05, 3.63) is 60.2 Å². The molecular formula is C22H28N2O3. The molecular weight excluding hydrogens is 340 g/mol. The largest absolute Gasteiger partial charge is 0.490 e. The standard InChI is InChI=1S/C22H28N2O3/c1-2-26-20-12-6-7-13-21(20)27-17-22(25)23-16-19(24-14-8-9-15-24)18-10-4-3-5-11-18/h3-7,10-13,19H,2,8-9,14-17H2,1H3,(H,23,25). The summed E-state index contributed by atoms with van der Waals surface area (Å²) in [5.41, 5.74) is 1.24. The fraction of sp³-hybridized carbons (Fsp3) is 0.409. The molecule has 1 N–H and O–H groups in total. The van der Waals surface area contributed by atoms with Crippen molar-refractivity contribution in [1.82, 2.24) is 10.2 Å². The monoisotopic (exact) mass is 368 g/mol. The first-order valence-corrected chi connectivity index (χ1v) is 9.68. The number of para-hydroxylation sites is 2. The van der Waals surface area contributed by atoms with Gasteiger partial charge in [0, 0.05) is 6.54 Å². The maximum atomic E-state index is 12.3. The number of benzene rings is 2. The van der Waals surface area contributed by atoms with Crippen molar-refractivity contribution >= 4 is 5.91 Å². The summed E-state index contributed by atoms with van der Waals surface area (Å²) in [6.45, 7) is 5.19. The minimum absolute atomic E-state index is 0.0222. The van der Waals surface area contributed by atoms with Gasteiger partial charge in [0.1, 0.15) is 0 Å². The number of nitrogens with zero attached hydrogens (tertiary/aromatic N) is 1. The van der Waals surface area contributed by atoms with Crippen molar-refractivity contribution in [2.75, 3.05) is 32.8 Å². The second kappa shape index (κ2) is 9.97. The summed E-state index contributed by atoms with van der Waals surface area (Å²) < 4.78 is 11.2. The predicted octanol–water partition coefficient (Wildman–Crippen LogP) is 3.42. The SMILES string of the molecule is CCOc1ccccc1OCC(=O)NCC(c1ccccc1)N1CCCC1. The molecule has 1 amide bonds. The first-order chi connectivity index (χ1) is 13.3. The molecule has 27 heavy (non-hydrogen) atoms. The summed E-state index contributed by atoms with van der Waals surface area (Å²) in [4.78, 5) is 14.8. The summed E-state index contributed by atoms with van der Waals surface area (Å²) in [7, 11) is 0. The van der Waals surface area contributed by atoms with Crippen LogP contribution in [-0.2, 0) is 4.79 Å². The number of carbonyl (C=O) groups excluding carboxylic acids is 1. The molecule has 5 heteroatoms. The lowest BCUT2D eigenvalue weighted by Gasteiger charge is -2.28. The topological polar surface area (TPSA) is 50.8 Å². The minimum atomic E-state index is -0.124. The van der Waals surface area contributed by atoms with Crippen LogP contribution in [0.1, 0.15) is 31.4 Å². The highest BCUT2D eigenvalue weighted by molar-refractivity contribution is 5.77. The van der Waals surface area contributed by atoms with Crippen LogP contribution in [0, 0.1) is 0 Å². The Kier molecular flexibility index (Phi) is 7.11. The van der Waals surface area contributed by atoms with Gasteiger partial charge in [-0.2, -0.15) is 0 Å². The Bertz CT molecular complexity index is 715. The van der Waals surface area contributed by atoms with E-state index in [1.54, 1.807) is 0 Å². The number of likely N-dealkylation sites (tertiary alicyclic amines) is 1. The molecule has 144 valence electrons. The third-order valence-electron chi connectivity index (χ3n) is 4.77. The summed E-state index contributed by atoms with van der Waals surface area (Å²) in [6.07, 6.45) is 2.43. The Morgan fingerprint density at radius 1 is 1.00 bits per heavy atom. The van der Waals surface area contributed by atoms with Crippen LogP contribution in [0.2, 0.25) is 0 Å². The highest BCUT2D eigenvalue weighted by atomic mass is 16.5. The van der Waals surface area contributed by atoms with Crippen molar-refractivity contribution in [3.8, 4) is 11.5 Å². The molecule has 1 fully saturated rings. The van der Waals surface area contributed by atoms with Crippen LogP contribution in [0.15, 0.2) is 54.6 Å². The van der Waals surface area contributed by atoms with Gasteiger partial charge in [-0.25, -0.2) is 0 Å². The summed E-state index contributed by atoms with van der Waals surface area (Å²) in [6, 6.07) is 18.0. The van der Waals surface area contributed by atoms with Crippen LogP contribution in [-0.4, -0.2) is 43.7 Å². The highest BCUT2D eigenvalue weighted by Gasteiger charge is 2.23. The quantitative estimate of drug-likeness (QED) is 0.737. The third kappa shape index (κ3) is 5.47. The Hall–Kier alpha value is -2.53. The average Bonchev–Trinajstić information content (AvgIpc) is 3.23. The van der Waals surface area contributed by atoms with Crippen molar-refractivity contribution in [2.24, 2.45) is 0 Å². The number of amides is 1. The molecule has 1 unspecified atom stereocenters. The van der Waals surface area contributed by atoms with Gasteiger partial charge in [0.05, 0.1) is 12.6 Å². The van der Waals surface area contributed by atoms with E-state index < -0.39 is 0 Å². The number of ether oxygens (including phenoxy) is 2. The molecule has 0 aliphatic carbocycles. The van der Waals surface area contributed by atoms with Crippen molar-refractivity contribution < 1.29 is 14.3 Å². The molecule has 1 saturated heterocycles. The molecule has 3 rings (SSSR count). The number of rotatable bonds is 9. The van der Waals surface area contributed by atoms with Gasteiger partial charge in [-0.05, 0) is 50.6 Å². The van der Waals surface area contributed by atoms with Crippen LogP contribution in [0.4, 0.5) is 0 Å². The molecule has 1 aliphatic heterocycles. The Balaban J connectivity index is 1.55. The second-order valence-corrected chi connectivity index (χ2v) is 6.64. The van der Waals surface area contributed by atoms with Gasteiger partial charge in [-0.15, -0.1) is 0 Å². The maximum Gasteiger partial charge on any atom is 0.258 e. The molecule has 5 nitrogen and oxygen atoms in total. The Morgan fingerprint density at radius 3 is 2.30 bits per heavy atom. The predicted molar refractivity (Wildman–Crippen MR) is 106 cm³/mol. The molecule has 2 aromatic rings. The highest BCUT2D eigenvalue weighted by Crippen LogP contribution is 2.26. The van der Waals surface area contributed by atoms with Crippen molar-refractivity contribution in [1.29, 1.82) is 0 Å². The lowest BCUT2D eigenvalue weighted by atomic mass is 10.1. The van der Waals surface area contributed by atoms with Gasteiger partial charge in [0.2, 0.25) is 0 Å². The van der Waals surface area contributed by atoms with E-state index >= 15 is 0 Å². The van der Waals surface area contributed by atoms with Crippen LogP contribution in [0.25, 0.3) is 0 Å². The molecule has 1 heterocycles. The first-order valence-electron chi connectivity index (χ1n) is 9.68. The van der Waals surface area contributed by atoms with Gasteiger partial charge in [0.25, 0.3) is 5.91 Å². The van der Waals surface area contributed by atoms with Crippen LogP contribution >= 0.6 is 0 Å². The third-order valence-corrected chi connectivity index (χ3v) is 4.77. The van der Waals surface area contributed by atoms with E-state index in [9.17, 15) is 4.79 Å². The fourth-order valence-electron chi connectivity index (χ4n) is 3.44. The molecule has 1 aliphatic rings. The van der Waals surface area contributed by atoms with Crippen LogP contribution in [0.3, 0.4) is 0 Å². The molecule has 0 bridgehead atoms. The molecule has 0 radical (unpaired) electrons. The van der Waals surface area contributed by atoms with E-state index in [-0.39, 0.29) is 18.6 Å². The van der Waals surface area contributed by atoms with E-state index in [2.05, 4.69) is 22.3 Å². The molecule has 0 saturated carbocycles. The minimum Gasteiger partial charge on any atom is -0.490 e. The fourth-order valence-corrected chi connectivity index (χ4v) is 3.44. The Labute approximate surface area is 161 Å². The van der Waals surface area contributed by atoms with Crippen molar-refractivity contribution in [3.63, 3.8) is 0 Å². The average molecular weight is 368 g/mol. The zero-order valence-corrected chi connectivity index (χ0v) is 15.9. The molecule has 1 atom stereocenters. The number of carbonyl (C=O) groups is 1. The summed E-state index contributed by atoms with van der Waals surface area (Å²) >= 11 is 0. The first kappa shape index (κ1) is 19.2. The lowest BCUT2D eigenvalue weighted by molar-refractivity contribution is -0.123. The molecule has 0 aromatic heterocycles. The number of hydrogen-bond acceptors (Lipinski definition) is 4. The summed E-state index contributed by atoms with van der Waals surface area (Å²) in [5, 5.41) is 3.03. The maximum absolute atomic E-state index is 12.3. The van der Waals surface area contributed by atoms with Gasteiger partial charge < -0.3 is 14.8 Å². The number of hydrogen-bond donors (Lipinski definition) is 1. The zero-order chi connectivity index (χ0) is 18.9. The van der Waals surface area contributed by atoms with Crippen molar-refractivity contribution in [2.45, 2.75) is 25.8 Å². The van der Waals surface area contributed by atoms with Gasteiger partial charge in [0.15, 0.2) is 18.1 Å². The van der Waals surface area contributed by atoms with E-state index in [4.69, 9.17) is 9.47 Å². The van der Waals surface area contributed by atoms with Crippen LogP contribution in [0.5, 0.6) is 11.5 Å². The summed E-state index contributed by atoms with van der Waals surface area (Å²) in [5.74, 6) is 1.13. The smallest absolute Gasteiger partial charge is 0.258 e. The normalized spacial score (nSPS) is 15.3. The lowest BCUT2D eigenvalue weighted by Crippen LogP contribution is -2.38. The zero-order valence-electron chi connectivity index (χ0n) is 15.9. The van der Waals surface area contributed by atoms with Gasteiger partial charge in [-0.3, -0.25) is 9.69 Å². The number of nitrogens with one attached hydrogen (secondary N) is 1. The van der Waals surface area contributed by atoms with Crippen LogP contribution < -0.4 is 14.8 Å². The second-order valence-electron chi connectivity index (χ2n) is 6.64. The van der Waals surface area contributed by atoms with Gasteiger partial charge >= 0.3 is 0 Å². The van der Waals surface area contributed by atoms with E-state index in [1.165, 1.54) is 18.4 Å².